The van der Waals surface area contributed by atoms with Gasteiger partial charge in [0.05, 0.1) is 19.3 Å². The molecule has 2 aromatic rings. The molecule has 0 spiro atoms. The lowest BCUT2D eigenvalue weighted by molar-refractivity contribution is -0.00805. The smallest absolute Gasteiger partial charge is 0.194 e. The van der Waals surface area contributed by atoms with Crippen LogP contribution in [-0.2, 0) is 24.9 Å². The van der Waals surface area contributed by atoms with Crippen LogP contribution in [-0.4, -0.2) is 65.4 Å². The van der Waals surface area contributed by atoms with Gasteiger partial charge in [-0.3, -0.25) is 14.6 Å². The van der Waals surface area contributed by atoms with Gasteiger partial charge in [0.2, 0.25) is 0 Å². The number of piperidine rings is 1. The van der Waals surface area contributed by atoms with Gasteiger partial charge in [0.1, 0.15) is 6.10 Å². The van der Waals surface area contributed by atoms with Gasteiger partial charge in [-0.1, -0.05) is 30.7 Å². The average Bonchev–Trinajstić information content (AvgIpc) is 3.23. The van der Waals surface area contributed by atoms with Crippen molar-refractivity contribution in [2.45, 2.75) is 38.5 Å². The average molecular weight is 411 g/mol. The Hall–Kier alpha value is -2.38. The van der Waals surface area contributed by atoms with Crippen molar-refractivity contribution in [1.82, 2.24) is 24.9 Å². The molecule has 2 fully saturated rings. The van der Waals surface area contributed by atoms with E-state index < -0.39 is 0 Å². The van der Waals surface area contributed by atoms with Crippen LogP contribution in [0.3, 0.4) is 0 Å². The first-order chi connectivity index (χ1) is 14.7. The summed E-state index contributed by atoms with van der Waals surface area (Å²) in [7, 11) is 3.78. The normalized spacial score (nSPS) is 21.1. The van der Waals surface area contributed by atoms with E-state index in [9.17, 15) is 0 Å². The predicted octanol–water partition coefficient (Wildman–Crippen LogP) is 2.55. The second-order valence-electron chi connectivity index (χ2n) is 8.31. The van der Waals surface area contributed by atoms with Crippen LogP contribution < -0.4 is 5.32 Å². The fourth-order valence-electron chi connectivity index (χ4n) is 4.30. The maximum absolute atomic E-state index is 5.96. The Labute approximate surface area is 179 Å². The van der Waals surface area contributed by atoms with Crippen LogP contribution in [0.2, 0.25) is 0 Å². The van der Waals surface area contributed by atoms with Gasteiger partial charge >= 0.3 is 0 Å². The minimum absolute atomic E-state index is 0.0278. The number of nitrogens with zero attached hydrogens (tertiary/aromatic N) is 5. The SMILES string of the molecule is CN=C(NCc1ccc(CN2CCCCC2)cc1)N1CCOC(c2cnn(C)c2)C1. The number of aryl methyl sites for hydroxylation is 1. The zero-order valence-corrected chi connectivity index (χ0v) is 18.3. The van der Waals surface area contributed by atoms with Crippen LogP contribution >= 0.6 is 0 Å². The van der Waals surface area contributed by atoms with Gasteiger partial charge in [0.15, 0.2) is 5.96 Å². The second-order valence-corrected chi connectivity index (χ2v) is 8.31. The van der Waals surface area contributed by atoms with E-state index in [0.717, 1.165) is 37.7 Å². The molecule has 1 unspecified atom stereocenters. The Kier molecular flexibility index (Phi) is 7.02. The highest BCUT2D eigenvalue weighted by Gasteiger charge is 2.25. The molecule has 2 aliphatic heterocycles. The molecule has 0 radical (unpaired) electrons. The summed E-state index contributed by atoms with van der Waals surface area (Å²) >= 11 is 0. The third kappa shape index (κ3) is 5.40. The van der Waals surface area contributed by atoms with Gasteiger partial charge in [0, 0.05) is 45.5 Å². The monoisotopic (exact) mass is 410 g/mol. The van der Waals surface area contributed by atoms with Crippen molar-refractivity contribution in [3.8, 4) is 0 Å². The number of rotatable bonds is 5. The Bertz CT molecular complexity index is 824. The van der Waals surface area contributed by atoms with Crippen molar-refractivity contribution in [3.63, 3.8) is 0 Å². The third-order valence-corrected chi connectivity index (χ3v) is 6.00. The highest BCUT2D eigenvalue weighted by molar-refractivity contribution is 5.80. The Morgan fingerprint density at radius 1 is 1.13 bits per heavy atom. The van der Waals surface area contributed by atoms with Gasteiger partial charge in [-0.05, 0) is 37.1 Å². The third-order valence-electron chi connectivity index (χ3n) is 6.00. The molecule has 30 heavy (non-hydrogen) atoms. The lowest BCUT2D eigenvalue weighted by Gasteiger charge is -2.34. The Balaban J connectivity index is 1.29. The molecule has 1 N–H and O–H groups in total. The standard InChI is InChI=1S/C23H34N6O/c1-24-23(29-12-13-30-22(18-29)21-15-26-27(2)17-21)25-14-19-6-8-20(9-7-19)16-28-10-4-3-5-11-28/h6-9,15,17,22H,3-5,10-14,16,18H2,1-2H3,(H,24,25). The zero-order chi connectivity index (χ0) is 20.8. The van der Waals surface area contributed by atoms with E-state index in [4.69, 9.17) is 4.74 Å². The van der Waals surface area contributed by atoms with E-state index in [-0.39, 0.29) is 6.10 Å². The lowest BCUT2D eigenvalue weighted by Crippen LogP contribution is -2.47. The first-order valence-electron chi connectivity index (χ1n) is 11.1. The Morgan fingerprint density at radius 3 is 2.60 bits per heavy atom. The van der Waals surface area contributed by atoms with Crippen LogP contribution in [0.25, 0.3) is 0 Å². The number of nitrogens with one attached hydrogen (secondary N) is 1. The summed E-state index contributed by atoms with van der Waals surface area (Å²) < 4.78 is 7.78. The predicted molar refractivity (Wildman–Crippen MR) is 119 cm³/mol. The number of ether oxygens (including phenoxy) is 1. The van der Waals surface area contributed by atoms with Gasteiger partial charge in [-0.25, -0.2) is 0 Å². The fourth-order valence-corrected chi connectivity index (χ4v) is 4.30. The second kappa shape index (κ2) is 10.1. The number of morpholine rings is 1. The zero-order valence-electron chi connectivity index (χ0n) is 18.3. The molecule has 3 heterocycles. The maximum atomic E-state index is 5.96. The molecule has 7 nitrogen and oxygen atoms in total. The highest BCUT2D eigenvalue weighted by Crippen LogP contribution is 2.21. The number of guanidine groups is 1. The lowest BCUT2D eigenvalue weighted by atomic mass is 10.1. The summed E-state index contributed by atoms with van der Waals surface area (Å²) in [4.78, 5) is 9.34. The molecule has 7 heteroatoms. The molecular weight excluding hydrogens is 376 g/mol. The fraction of sp³-hybridized carbons (Fsp3) is 0.565. The number of hydrogen-bond acceptors (Lipinski definition) is 4. The Morgan fingerprint density at radius 2 is 1.90 bits per heavy atom. The molecule has 4 rings (SSSR count). The first kappa shape index (κ1) is 20.9. The highest BCUT2D eigenvalue weighted by atomic mass is 16.5. The van der Waals surface area contributed by atoms with E-state index in [2.05, 4.69) is 49.5 Å². The summed E-state index contributed by atoms with van der Waals surface area (Å²) in [6.45, 7) is 6.61. The largest absolute Gasteiger partial charge is 0.370 e. The summed E-state index contributed by atoms with van der Waals surface area (Å²) in [5, 5.41) is 7.79. The summed E-state index contributed by atoms with van der Waals surface area (Å²) in [6.07, 6.45) is 7.99. The minimum atomic E-state index is 0.0278. The molecule has 0 bridgehead atoms. The molecule has 2 saturated heterocycles. The molecule has 1 aromatic carbocycles. The summed E-state index contributed by atoms with van der Waals surface area (Å²) in [6, 6.07) is 9.00. The van der Waals surface area contributed by atoms with Crippen molar-refractivity contribution >= 4 is 5.96 Å². The van der Waals surface area contributed by atoms with E-state index in [0.29, 0.717) is 6.61 Å². The van der Waals surface area contributed by atoms with Crippen LogP contribution in [0.15, 0.2) is 41.7 Å². The molecule has 0 saturated carbocycles. The molecule has 0 aliphatic carbocycles. The van der Waals surface area contributed by atoms with Gasteiger partial charge in [-0.15, -0.1) is 0 Å². The van der Waals surface area contributed by atoms with E-state index >= 15 is 0 Å². The number of aromatic nitrogens is 2. The molecule has 0 amide bonds. The van der Waals surface area contributed by atoms with Crippen molar-refractivity contribution in [2.75, 3.05) is 39.8 Å². The van der Waals surface area contributed by atoms with Gasteiger partial charge in [0.25, 0.3) is 0 Å². The maximum Gasteiger partial charge on any atom is 0.194 e. The number of likely N-dealkylation sites (tertiary alicyclic amines) is 1. The van der Waals surface area contributed by atoms with Crippen LogP contribution in [0, 0.1) is 0 Å². The van der Waals surface area contributed by atoms with E-state index in [1.165, 1.54) is 43.5 Å². The van der Waals surface area contributed by atoms with E-state index in [1.807, 2.05) is 31.2 Å². The molecule has 1 atom stereocenters. The van der Waals surface area contributed by atoms with Crippen LogP contribution in [0.5, 0.6) is 0 Å². The molecule has 162 valence electrons. The summed E-state index contributed by atoms with van der Waals surface area (Å²) in [5.74, 6) is 0.921. The van der Waals surface area contributed by atoms with E-state index in [1.54, 1.807) is 0 Å². The van der Waals surface area contributed by atoms with Crippen molar-refractivity contribution in [3.05, 3.63) is 53.3 Å². The van der Waals surface area contributed by atoms with Gasteiger partial charge in [-0.2, -0.15) is 5.10 Å². The van der Waals surface area contributed by atoms with Crippen LogP contribution in [0.1, 0.15) is 42.1 Å². The summed E-state index contributed by atoms with van der Waals surface area (Å²) in [5.41, 5.74) is 3.79. The number of aliphatic imine (C=N–C) groups is 1. The quantitative estimate of drug-likeness (QED) is 0.606. The molecule has 1 aromatic heterocycles. The molecular formula is C23H34N6O. The van der Waals surface area contributed by atoms with Crippen molar-refractivity contribution in [2.24, 2.45) is 12.0 Å². The minimum Gasteiger partial charge on any atom is -0.370 e. The van der Waals surface area contributed by atoms with Crippen molar-refractivity contribution in [1.29, 1.82) is 0 Å². The first-order valence-corrected chi connectivity index (χ1v) is 11.1. The molecule has 2 aliphatic rings. The van der Waals surface area contributed by atoms with Gasteiger partial charge < -0.3 is 15.0 Å². The topological polar surface area (TPSA) is 57.9 Å². The number of hydrogen-bond donors (Lipinski definition) is 1. The number of benzene rings is 1. The van der Waals surface area contributed by atoms with Crippen LogP contribution in [0.4, 0.5) is 0 Å². The van der Waals surface area contributed by atoms with Crippen molar-refractivity contribution < 1.29 is 4.74 Å².